The molecule has 0 fully saturated rings. The zero-order valence-corrected chi connectivity index (χ0v) is 15.0. The number of thiocarbonyl (C=S) groups is 1. The highest BCUT2D eigenvalue weighted by atomic mass is 35.5. The van der Waals surface area contributed by atoms with Crippen molar-refractivity contribution in [1.29, 1.82) is 0 Å². The molecule has 25 heavy (non-hydrogen) atoms. The van der Waals surface area contributed by atoms with Crippen LogP contribution in [-0.2, 0) is 4.79 Å². The molecule has 2 rings (SSSR count). The molecule has 130 valence electrons. The number of benzene rings is 2. The molecule has 0 aliphatic rings. The smallest absolute Gasteiger partial charge is 0.264 e. The molecular formula is C16H13Cl2N3O3S. The average molecular weight is 398 g/mol. The van der Waals surface area contributed by atoms with E-state index in [1.54, 1.807) is 36.4 Å². The minimum atomic E-state index is -0.613. The molecule has 4 N–H and O–H groups in total. The first-order valence-electron chi connectivity index (χ1n) is 6.94. The Balaban J connectivity index is 1.90. The molecule has 2 aromatic carbocycles. The predicted molar refractivity (Wildman–Crippen MR) is 101 cm³/mol. The van der Waals surface area contributed by atoms with Gasteiger partial charge < -0.3 is 15.8 Å². The van der Waals surface area contributed by atoms with Gasteiger partial charge in [-0.1, -0.05) is 35.3 Å². The van der Waals surface area contributed by atoms with Crippen LogP contribution in [0, 0.1) is 0 Å². The van der Waals surface area contributed by atoms with E-state index in [2.05, 4.69) is 10.6 Å². The molecule has 0 radical (unpaired) electrons. The van der Waals surface area contributed by atoms with Crippen LogP contribution in [0.3, 0.4) is 0 Å². The van der Waals surface area contributed by atoms with Crippen LogP contribution in [0.25, 0.3) is 0 Å². The molecule has 0 aromatic heterocycles. The van der Waals surface area contributed by atoms with Crippen molar-refractivity contribution in [1.82, 2.24) is 5.32 Å². The van der Waals surface area contributed by atoms with Gasteiger partial charge in [-0.15, -0.1) is 0 Å². The minimum Gasteiger partial charge on any atom is -0.482 e. The van der Waals surface area contributed by atoms with Crippen molar-refractivity contribution in [3.63, 3.8) is 0 Å². The van der Waals surface area contributed by atoms with E-state index >= 15 is 0 Å². The molecule has 0 spiro atoms. The number of anilines is 1. The van der Waals surface area contributed by atoms with Crippen molar-refractivity contribution in [3.05, 3.63) is 58.1 Å². The van der Waals surface area contributed by atoms with Gasteiger partial charge in [-0.2, -0.15) is 0 Å². The summed E-state index contributed by atoms with van der Waals surface area (Å²) in [5.74, 6) is -0.794. The number of para-hydroxylation sites is 1. The van der Waals surface area contributed by atoms with Crippen molar-refractivity contribution in [2.75, 3.05) is 11.9 Å². The highest BCUT2D eigenvalue weighted by Gasteiger charge is 2.11. The second-order valence-corrected chi connectivity index (χ2v) is 6.03. The van der Waals surface area contributed by atoms with E-state index in [9.17, 15) is 9.59 Å². The molecule has 9 heteroatoms. The van der Waals surface area contributed by atoms with Crippen molar-refractivity contribution >= 4 is 58.0 Å². The zero-order chi connectivity index (χ0) is 18.4. The largest absolute Gasteiger partial charge is 0.482 e. The zero-order valence-electron chi connectivity index (χ0n) is 12.7. The van der Waals surface area contributed by atoms with Gasteiger partial charge in [0.1, 0.15) is 5.75 Å². The molecule has 0 heterocycles. The minimum absolute atomic E-state index is 0.00417. The molecule has 0 unspecified atom stereocenters. The molecule has 0 saturated heterocycles. The number of halogens is 2. The first-order valence-corrected chi connectivity index (χ1v) is 8.10. The summed E-state index contributed by atoms with van der Waals surface area (Å²) in [6, 6.07) is 11.2. The summed E-state index contributed by atoms with van der Waals surface area (Å²) in [6.07, 6.45) is 0. The van der Waals surface area contributed by atoms with Gasteiger partial charge in [-0.05, 0) is 42.5 Å². The number of primary amides is 1. The fourth-order valence-electron chi connectivity index (χ4n) is 1.86. The van der Waals surface area contributed by atoms with E-state index in [-0.39, 0.29) is 22.3 Å². The lowest BCUT2D eigenvalue weighted by Gasteiger charge is -2.12. The molecule has 0 saturated carbocycles. The summed E-state index contributed by atoms with van der Waals surface area (Å²) in [5.41, 5.74) is 5.92. The van der Waals surface area contributed by atoms with Gasteiger partial charge in [0.2, 0.25) is 0 Å². The van der Waals surface area contributed by atoms with Crippen LogP contribution < -0.4 is 21.1 Å². The Kier molecular flexibility index (Phi) is 6.58. The van der Waals surface area contributed by atoms with Crippen LogP contribution in [0.15, 0.2) is 42.5 Å². The summed E-state index contributed by atoms with van der Waals surface area (Å²) in [5, 5.41) is 5.92. The molecule has 0 atom stereocenters. The predicted octanol–water partition coefficient (Wildman–Crippen LogP) is 2.98. The Bertz CT molecular complexity index is 830. The number of hydrogen-bond acceptors (Lipinski definition) is 4. The number of rotatable bonds is 5. The lowest BCUT2D eigenvalue weighted by Crippen LogP contribution is -2.37. The molecule has 2 amide bonds. The summed E-state index contributed by atoms with van der Waals surface area (Å²) >= 11 is 16.8. The molecular weight excluding hydrogens is 385 g/mol. The Labute approximate surface area is 159 Å². The van der Waals surface area contributed by atoms with Crippen LogP contribution in [0.5, 0.6) is 5.75 Å². The Morgan fingerprint density at radius 3 is 2.56 bits per heavy atom. The van der Waals surface area contributed by atoms with Crippen LogP contribution in [0.1, 0.15) is 10.4 Å². The molecule has 6 nitrogen and oxygen atoms in total. The first kappa shape index (κ1) is 19.0. The van der Waals surface area contributed by atoms with Crippen molar-refractivity contribution in [2.45, 2.75) is 0 Å². The van der Waals surface area contributed by atoms with E-state index in [0.717, 1.165) is 0 Å². The number of carbonyl (C=O) groups excluding carboxylic acids is 2. The van der Waals surface area contributed by atoms with Crippen LogP contribution >= 0.6 is 35.4 Å². The van der Waals surface area contributed by atoms with E-state index in [0.29, 0.717) is 16.5 Å². The van der Waals surface area contributed by atoms with Crippen molar-refractivity contribution in [3.8, 4) is 5.75 Å². The lowest BCUT2D eigenvalue weighted by molar-refractivity contribution is -0.121. The topological polar surface area (TPSA) is 93.5 Å². The Morgan fingerprint density at radius 1 is 1.16 bits per heavy atom. The maximum atomic E-state index is 11.9. The molecule has 0 aliphatic carbocycles. The highest BCUT2D eigenvalue weighted by molar-refractivity contribution is 7.80. The SMILES string of the molecule is NC(=O)c1ccccc1NC(=S)NC(=O)COc1ccc(Cl)cc1Cl. The van der Waals surface area contributed by atoms with Crippen LogP contribution in [0.4, 0.5) is 5.69 Å². The number of amides is 2. The summed E-state index contributed by atoms with van der Waals surface area (Å²) < 4.78 is 5.30. The number of nitrogens with one attached hydrogen (secondary N) is 2. The van der Waals surface area contributed by atoms with Crippen molar-refractivity contribution < 1.29 is 14.3 Å². The van der Waals surface area contributed by atoms with Gasteiger partial charge >= 0.3 is 0 Å². The Hall–Kier alpha value is -2.35. The van der Waals surface area contributed by atoms with E-state index < -0.39 is 11.8 Å². The second-order valence-electron chi connectivity index (χ2n) is 4.78. The maximum absolute atomic E-state index is 11.9. The number of hydrogen-bond donors (Lipinski definition) is 3. The first-order chi connectivity index (χ1) is 11.9. The standard InChI is InChI=1S/C16H13Cl2N3O3S/c17-9-5-6-13(11(18)7-9)24-8-14(22)21-16(25)20-12-4-2-1-3-10(12)15(19)23/h1-7H,8H2,(H2,19,23)(H2,20,21,22,25). The van der Waals surface area contributed by atoms with E-state index in [1.165, 1.54) is 6.07 Å². The van der Waals surface area contributed by atoms with Gasteiger partial charge in [0.05, 0.1) is 16.3 Å². The fraction of sp³-hybridized carbons (Fsp3) is 0.0625. The number of ether oxygens (including phenoxy) is 1. The molecule has 0 bridgehead atoms. The lowest BCUT2D eigenvalue weighted by atomic mass is 10.1. The fourth-order valence-corrected chi connectivity index (χ4v) is 2.55. The van der Waals surface area contributed by atoms with Gasteiger partial charge in [0, 0.05) is 5.02 Å². The van der Waals surface area contributed by atoms with Gasteiger partial charge in [0.15, 0.2) is 11.7 Å². The van der Waals surface area contributed by atoms with Gasteiger partial charge in [-0.25, -0.2) is 0 Å². The number of nitrogens with two attached hydrogens (primary N) is 1. The van der Waals surface area contributed by atoms with Gasteiger partial charge in [0.25, 0.3) is 11.8 Å². The highest BCUT2D eigenvalue weighted by Crippen LogP contribution is 2.27. The summed E-state index contributed by atoms with van der Waals surface area (Å²) in [7, 11) is 0. The van der Waals surface area contributed by atoms with Crippen LogP contribution in [0.2, 0.25) is 10.0 Å². The third-order valence-corrected chi connectivity index (χ3v) is 3.68. The summed E-state index contributed by atoms with van der Waals surface area (Å²) in [4.78, 5) is 23.2. The summed E-state index contributed by atoms with van der Waals surface area (Å²) in [6.45, 7) is -0.305. The molecule has 0 aliphatic heterocycles. The van der Waals surface area contributed by atoms with Gasteiger partial charge in [-0.3, -0.25) is 14.9 Å². The third kappa shape index (κ3) is 5.60. The Morgan fingerprint density at radius 2 is 1.88 bits per heavy atom. The van der Waals surface area contributed by atoms with E-state index in [4.69, 9.17) is 45.9 Å². The third-order valence-electron chi connectivity index (χ3n) is 2.95. The average Bonchev–Trinajstić information content (AvgIpc) is 2.54. The second kappa shape index (κ2) is 8.66. The quantitative estimate of drug-likeness (QED) is 0.674. The monoisotopic (exact) mass is 397 g/mol. The van der Waals surface area contributed by atoms with Crippen LogP contribution in [-0.4, -0.2) is 23.5 Å². The maximum Gasteiger partial charge on any atom is 0.264 e. The van der Waals surface area contributed by atoms with Crippen molar-refractivity contribution in [2.24, 2.45) is 5.73 Å². The normalized spacial score (nSPS) is 10.0. The number of carbonyl (C=O) groups is 2. The molecule has 2 aromatic rings. The van der Waals surface area contributed by atoms with E-state index in [1.807, 2.05) is 0 Å².